The first-order valence-corrected chi connectivity index (χ1v) is 41.2. The fourth-order valence-electron chi connectivity index (χ4n) is 10.9. The van der Waals surface area contributed by atoms with Crippen molar-refractivity contribution in [2.45, 2.75) is 375 Å². The molecule has 0 bridgehead atoms. The smallest absolute Gasteiger partial charge is 0.462 e. The minimum Gasteiger partial charge on any atom is -0.462 e. The average Bonchev–Trinajstić information content (AvgIpc) is 1.69. The maximum atomic E-state index is 13.1. The molecule has 0 amide bonds. The van der Waals surface area contributed by atoms with Crippen LogP contribution >= 0.6 is 15.6 Å². The van der Waals surface area contributed by atoms with Gasteiger partial charge in [0.1, 0.15) is 19.3 Å². The number of esters is 4. The van der Waals surface area contributed by atoms with Crippen molar-refractivity contribution in [2.24, 2.45) is 17.8 Å². The second-order valence-electron chi connectivity index (χ2n) is 27.8. The predicted molar refractivity (Wildman–Crippen MR) is 381 cm³/mol. The lowest BCUT2D eigenvalue weighted by Crippen LogP contribution is -2.30. The van der Waals surface area contributed by atoms with Crippen molar-refractivity contribution in [3.63, 3.8) is 0 Å². The van der Waals surface area contributed by atoms with Gasteiger partial charge in [-0.05, 0) is 69.1 Å². The van der Waals surface area contributed by atoms with Gasteiger partial charge in [0.05, 0.1) is 26.4 Å². The maximum absolute atomic E-state index is 13.1. The summed E-state index contributed by atoms with van der Waals surface area (Å²) in [7, 11) is -9.92. The van der Waals surface area contributed by atoms with Gasteiger partial charge in [-0.25, -0.2) is 9.13 Å². The summed E-state index contributed by atoms with van der Waals surface area (Å²) in [6, 6.07) is 0. The van der Waals surface area contributed by atoms with Crippen LogP contribution in [-0.2, 0) is 65.4 Å². The zero-order valence-electron chi connectivity index (χ0n) is 60.9. The molecule has 0 aromatic rings. The lowest BCUT2D eigenvalue weighted by Gasteiger charge is -2.21. The Morgan fingerprint density at radius 1 is 0.330 bits per heavy atom. The second-order valence-corrected chi connectivity index (χ2v) is 30.7. The summed E-state index contributed by atoms with van der Waals surface area (Å²) < 4.78 is 68.4. The Labute approximate surface area is 573 Å². The summed E-state index contributed by atoms with van der Waals surface area (Å²) in [4.78, 5) is 72.7. The zero-order valence-corrected chi connectivity index (χ0v) is 62.7. The molecule has 5 atom stereocenters. The van der Waals surface area contributed by atoms with Crippen LogP contribution in [0.3, 0.4) is 0 Å². The number of phosphoric acid groups is 2. The van der Waals surface area contributed by atoms with Crippen molar-refractivity contribution < 1.29 is 80.2 Å². The highest BCUT2D eigenvalue weighted by atomic mass is 31.2. The summed E-state index contributed by atoms with van der Waals surface area (Å²) in [6.07, 6.45) is 53.6. The molecule has 0 aliphatic rings. The number of aliphatic hydroxyl groups is 1. The zero-order chi connectivity index (χ0) is 69.4. The third kappa shape index (κ3) is 68.1. The Bertz CT molecular complexity index is 1930. The number of rotatable bonds is 71. The van der Waals surface area contributed by atoms with E-state index in [1.165, 1.54) is 148 Å². The third-order valence-corrected chi connectivity index (χ3v) is 18.7. The van der Waals surface area contributed by atoms with Crippen LogP contribution in [0.4, 0.5) is 0 Å². The maximum Gasteiger partial charge on any atom is 0.472 e. The van der Waals surface area contributed by atoms with Gasteiger partial charge in [0, 0.05) is 25.7 Å². The molecule has 0 saturated carbocycles. The van der Waals surface area contributed by atoms with E-state index in [0.29, 0.717) is 31.6 Å². The Hall–Kier alpha value is -2.46. The molecule has 0 rings (SSSR count). The minimum absolute atomic E-state index is 0.0848. The molecular weight excluding hydrogens is 1230 g/mol. The van der Waals surface area contributed by atoms with Crippen LogP contribution in [-0.4, -0.2) is 96.7 Å². The van der Waals surface area contributed by atoms with Crippen LogP contribution < -0.4 is 0 Å². The first kappa shape index (κ1) is 91.5. The van der Waals surface area contributed by atoms with Gasteiger partial charge in [0.15, 0.2) is 12.2 Å². The van der Waals surface area contributed by atoms with E-state index >= 15 is 0 Å². The number of hydrogen-bond donors (Lipinski definition) is 3. The summed E-state index contributed by atoms with van der Waals surface area (Å²) in [6.45, 7) is 11.8. The summed E-state index contributed by atoms with van der Waals surface area (Å²) >= 11 is 0. The first-order chi connectivity index (χ1) is 45.2. The molecule has 0 spiro atoms. The van der Waals surface area contributed by atoms with Gasteiger partial charge in [-0.15, -0.1) is 0 Å². The quantitative estimate of drug-likeness (QED) is 0.0169. The lowest BCUT2D eigenvalue weighted by molar-refractivity contribution is -0.161. The van der Waals surface area contributed by atoms with Crippen molar-refractivity contribution in [3.05, 3.63) is 24.3 Å². The first-order valence-electron chi connectivity index (χ1n) is 38.2. The predicted octanol–water partition coefficient (Wildman–Crippen LogP) is 21.3. The van der Waals surface area contributed by atoms with Crippen LogP contribution in [0.1, 0.15) is 357 Å². The number of phosphoric ester groups is 2. The molecule has 0 saturated heterocycles. The van der Waals surface area contributed by atoms with Crippen LogP contribution in [0.25, 0.3) is 0 Å². The van der Waals surface area contributed by atoms with Crippen molar-refractivity contribution >= 4 is 39.5 Å². The summed E-state index contributed by atoms with van der Waals surface area (Å²) in [5, 5.41) is 10.6. The number of allylic oxidation sites excluding steroid dienone is 4. The number of carbonyl (C=O) groups is 4. The SMILES string of the molecule is CCCCCC/C=C\C=C/CCCCCCCC(=O)O[C@H](COC(=O)CCCCCCCCCCCCCCCCC(C)C)COP(=O)(O)OCC(O)COP(=O)(O)OC[C@@H](COC(=O)CCCCCCCCCC(C)C)OC(=O)CCCCCCCCCCCC(C)C. The number of hydrogen-bond acceptors (Lipinski definition) is 15. The second kappa shape index (κ2) is 65.2. The highest BCUT2D eigenvalue weighted by Crippen LogP contribution is 2.45. The van der Waals surface area contributed by atoms with E-state index in [9.17, 15) is 43.2 Å². The van der Waals surface area contributed by atoms with E-state index < -0.39 is 97.5 Å². The van der Waals surface area contributed by atoms with E-state index in [1.807, 2.05) is 0 Å². The fraction of sp³-hybridized carbons (Fsp3) is 0.893. The van der Waals surface area contributed by atoms with Gasteiger partial charge in [0.2, 0.25) is 0 Å². The summed E-state index contributed by atoms with van der Waals surface area (Å²) in [5.41, 5.74) is 0. The highest BCUT2D eigenvalue weighted by molar-refractivity contribution is 7.47. The number of ether oxygens (including phenoxy) is 4. The Morgan fingerprint density at radius 3 is 0.862 bits per heavy atom. The van der Waals surface area contributed by atoms with Crippen LogP contribution in [0.15, 0.2) is 24.3 Å². The van der Waals surface area contributed by atoms with E-state index in [0.717, 1.165) is 121 Å². The molecule has 0 fully saturated rings. The summed E-state index contributed by atoms with van der Waals surface area (Å²) in [5.74, 6) is 0.0839. The molecule has 0 aromatic heterocycles. The highest BCUT2D eigenvalue weighted by Gasteiger charge is 2.30. The van der Waals surface area contributed by atoms with E-state index in [-0.39, 0.29) is 25.7 Å². The molecule has 17 nitrogen and oxygen atoms in total. The van der Waals surface area contributed by atoms with Gasteiger partial charge in [-0.3, -0.25) is 37.3 Å². The van der Waals surface area contributed by atoms with Gasteiger partial charge in [-0.1, -0.05) is 304 Å². The van der Waals surface area contributed by atoms with Gasteiger partial charge < -0.3 is 33.8 Å². The Balaban J connectivity index is 5.28. The third-order valence-electron chi connectivity index (χ3n) is 16.8. The molecule has 3 N–H and O–H groups in total. The average molecular weight is 1380 g/mol. The van der Waals surface area contributed by atoms with Crippen molar-refractivity contribution in [1.82, 2.24) is 0 Å². The molecule has 19 heteroatoms. The van der Waals surface area contributed by atoms with E-state index in [2.05, 4.69) is 72.8 Å². The van der Waals surface area contributed by atoms with Crippen LogP contribution in [0, 0.1) is 17.8 Å². The molecular formula is C75H142O17P2. The standard InChI is InChI=1S/C75H142O17P2/c1-8-9-10-11-12-13-14-15-16-21-24-29-36-44-51-58-74(79)91-70(62-85-72(77)56-49-42-35-28-23-20-18-17-19-22-26-32-39-46-53-66(2)3)64-89-93(81,82)87-60-69(76)61-88-94(83,84)90-65-71(63-86-73(78)57-50-43-38-31-34-41-48-55-68(6)7)92-75(80)59-52-45-37-30-25-27-33-40-47-54-67(4)5/h13-16,66-71,76H,8-12,17-65H2,1-7H3,(H,81,82)(H,83,84)/b14-13-,16-15-/t69?,70-,71-/m1/s1. The Morgan fingerprint density at radius 2 is 0.574 bits per heavy atom. The lowest BCUT2D eigenvalue weighted by atomic mass is 10.0. The fourth-order valence-corrected chi connectivity index (χ4v) is 12.5. The molecule has 0 aromatic carbocycles. The normalized spacial score (nSPS) is 14.3. The van der Waals surface area contributed by atoms with Gasteiger partial charge >= 0.3 is 39.5 Å². The van der Waals surface area contributed by atoms with Crippen LogP contribution in [0.2, 0.25) is 0 Å². The Kier molecular flexibility index (Phi) is 63.5. The number of unbranched alkanes of at least 4 members (excludes halogenated alkanes) is 36. The minimum atomic E-state index is -4.97. The molecule has 0 radical (unpaired) electrons. The molecule has 554 valence electrons. The monoisotopic (exact) mass is 1380 g/mol. The van der Waals surface area contributed by atoms with Crippen molar-refractivity contribution in [1.29, 1.82) is 0 Å². The number of carbonyl (C=O) groups excluding carboxylic acids is 4. The van der Waals surface area contributed by atoms with Gasteiger partial charge in [-0.2, -0.15) is 0 Å². The molecule has 0 heterocycles. The molecule has 3 unspecified atom stereocenters. The van der Waals surface area contributed by atoms with Crippen molar-refractivity contribution in [2.75, 3.05) is 39.6 Å². The van der Waals surface area contributed by atoms with E-state index in [1.54, 1.807) is 0 Å². The topological polar surface area (TPSA) is 237 Å². The van der Waals surface area contributed by atoms with Gasteiger partial charge in [0.25, 0.3) is 0 Å². The van der Waals surface area contributed by atoms with Crippen molar-refractivity contribution in [3.8, 4) is 0 Å². The largest absolute Gasteiger partial charge is 0.472 e. The van der Waals surface area contributed by atoms with E-state index in [4.69, 9.17) is 37.0 Å². The molecule has 0 aliphatic carbocycles. The van der Waals surface area contributed by atoms with Crippen LogP contribution in [0.5, 0.6) is 0 Å². The molecule has 94 heavy (non-hydrogen) atoms. The number of aliphatic hydroxyl groups excluding tert-OH is 1. The molecule has 0 aliphatic heterocycles.